The average molecular weight is 334 g/mol. The summed E-state index contributed by atoms with van der Waals surface area (Å²) in [5, 5.41) is 8.28. The maximum Gasteiger partial charge on any atom is 0.154 e. The Morgan fingerprint density at radius 1 is 1.17 bits per heavy atom. The van der Waals surface area contributed by atoms with Gasteiger partial charge in [-0.15, -0.1) is 0 Å². The van der Waals surface area contributed by atoms with E-state index in [1.165, 1.54) is 6.42 Å². The molecule has 5 heteroatoms. The molecule has 2 aromatic rings. The molecule has 0 saturated heterocycles. The fraction of sp³-hybridized carbons (Fsp3) is 0.632. The van der Waals surface area contributed by atoms with Gasteiger partial charge < -0.3 is 9.47 Å². The van der Waals surface area contributed by atoms with Crippen molar-refractivity contribution >= 4 is 11.0 Å². The molecule has 0 aliphatic carbocycles. The minimum Gasteiger partial charge on any atom is -0.313 e. The third-order valence-electron chi connectivity index (χ3n) is 3.16. The van der Waals surface area contributed by atoms with Gasteiger partial charge in [-0.1, -0.05) is 34.1 Å². The van der Waals surface area contributed by atoms with E-state index in [1.54, 1.807) is 6.20 Å². The number of pyridine rings is 1. The van der Waals surface area contributed by atoms with Gasteiger partial charge in [-0.3, -0.25) is 10.4 Å². The average Bonchev–Trinajstić information content (AvgIpc) is 2.52. The molecule has 0 amide bonds. The van der Waals surface area contributed by atoms with Crippen LogP contribution in [-0.2, 0) is 6.54 Å². The number of hydrogen-bond donors (Lipinski definition) is 1. The first-order chi connectivity index (χ1) is 11.4. The number of fused-ring (bicyclic) bond motifs is 1. The predicted octanol–water partition coefficient (Wildman–Crippen LogP) is 3.92. The van der Waals surface area contributed by atoms with Crippen molar-refractivity contribution in [2.75, 3.05) is 20.6 Å². The van der Waals surface area contributed by atoms with Crippen molar-refractivity contribution in [3.05, 3.63) is 29.1 Å². The SMILES string of the molecule is CC.CCC.Cc1cnc2c(=N)n(CCCN(C)C)c(C)nc2c1. The zero-order valence-electron chi connectivity index (χ0n) is 16.8. The van der Waals surface area contributed by atoms with E-state index in [1.807, 2.05) is 38.3 Å². The summed E-state index contributed by atoms with van der Waals surface area (Å²) in [7, 11) is 4.12. The summed E-state index contributed by atoms with van der Waals surface area (Å²) >= 11 is 0. The molecule has 0 aliphatic rings. The van der Waals surface area contributed by atoms with Gasteiger partial charge in [0.2, 0.25) is 0 Å². The smallest absolute Gasteiger partial charge is 0.154 e. The molecule has 0 radical (unpaired) electrons. The Bertz CT molecular complexity index is 659. The summed E-state index contributed by atoms with van der Waals surface area (Å²) in [6.45, 7) is 14.0. The maximum absolute atomic E-state index is 8.28. The Kier molecular flexibility index (Phi) is 10.9. The Morgan fingerprint density at radius 2 is 1.75 bits per heavy atom. The van der Waals surface area contributed by atoms with Gasteiger partial charge in [-0.2, -0.15) is 0 Å². The number of nitrogens with one attached hydrogen (secondary N) is 1. The van der Waals surface area contributed by atoms with Crippen LogP contribution in [0.15, 0.2) is 12.3 Å². The van der Waals surface area contributed by atoms with E-state index >= 15 is 0 Å². The molecule has 0 fully saturated rings. The molecule has 0 atom stereocenters. The second-order valence-corrected chi connectivity index (χ2v) is 5.90. The van der Waals surface area contributed by atoms with Crippen LogP contribution >= 0.6 is 0 Å². The van der Waals surface area contributed by atoms with E-state index in [9.17, 15) is 0 Å². The topological polar surface area (TPSA) is 57.8 Å². The number of hydrogen-bond acceptors (Lipinski definition) is 4. The third-order valence-corrected chi connectivity index (χ3v) is 3.16. The summed E-state index contributed by atoms with van der Waals surface area (Å²) in [4.78, 5) is 11.1. The van der Waals surface area contributed by atoms with Crippen LogP contribution in [0.5, 0.6) is 0 Å². The minimum atomic E-state index is 0.459. The summed E-state index contributed by atoms with van der Waals surface area (Å²) in [5.41, 5.74) is 3.03. The molecule has 136 valence electrons. The number of aryl methyl sites for hydroxylation is 2. The van der Waals surface area contributed by atoms with Crippen molar-refractivity contribution < 1.29 is 0 Å². The third kappa shape index (κ3) is 6.79. The fourth-order valence-electron chi connectivity index (χ4n) is 2.16. The lowest BCUT2D eigenvalue weighted by Gasteiger charge is -2.14. The highest BCUT2D eigenvalue weighted by molar-refractivity contribution is 5.72. The van der Waals surface area contributed by atoms with Gasteiger partial charge in [-0.05, 0) is 52.5 Å². The van der Waals surface area contributed by atoms with Gasteiger partial charge in [0.25, 0.3) is 0 Å². The van der Waals surface area contributed by atoms with Crippen LogP contribution in [0.1, 0.15) is 51.9 Å². The van der Waals surface area contributed by atoms with Crippen molar-refractivity contribution in [2.45, 2.75) is 60.9 Å². The highest BCUT2D eigenvalue weighted by atomic mass is 15.1. The lowest BCUT2D eigenvalue weighted by Crippen LogP contribution is -2.26. The molecule has 2 aromatic heterocycles. The summed E-state index contributed by atoms with van der Waals surface area (Å²) in [6.07, 6.45) is 4.05. The summed E-state index contributed by atoms with van der Waals surface area (Å²) in [6, 6.07) is 1.98. The van der Waals surface area contributed by atoms with Crippen molar-refractivity contribution in [3.63, 3.8) is 0 Å². The number of nitrogens with zero attached hydrogens (tertiary/aromatic N) is 4. The van der Waals surface area contributed by atoms with E-state index in [0.717, 1.165) is 36.4 Å². The standard InChI is InChI=1S/C14H21N5.C3H8.C2H6/c1-10-8-12-13(16-9-10)14(15)19(11(2)17-12)7-5-6-18(3)4;1-3-2;1-2/h8-9,15H,5-7H2,1-4H3;3H2,1-2H3;1-2H3. The van der Waals surface area contributed by atoms with Crippen molar-refractivity contribution in [3.8, 4) is 0 Å². The van der Waals surface area contributed by atoms with Gasteiger partial charge in [0.15, 0.2) is 5.49 Å². The molecule has 5 nitrogen and oxygen atoms in total. The molecule has 0 unspecified atom stereocenters. The van der Waals surface area contributed by atoms with Crippen molar-refractivity contribution in [1.82, 2.24) is 19.4 Å². The highest BCUT2D eigenvalue weighted by Gasteiger charge is 2.06. The van der Waals surface area contributed by atoms with Gasteiger partial charge in [0.05, 0.1) is 5.52 Å². The van der Waals surface area contributed by atoms with Gasteiger partial charge in [0.1, 0.15) is 11.3 Å². The highest BCUT2D eigenvalue weighted by Crippen LogP contribution is 2.08. The first-order valence-corrected chi connectivity index (χ1v) is 8.93. The van der Waals surface area contributed by atoms with E-state index in [2.05, 4.69) is 42.8 Å². The van der Waals surface area contributed by atoms with E-state index in [-0.39, 0.29) is 0 Å². The van der Waals surface area contributed by atoms with Crippen LogP contribution in [0.2, 0.25) is 0 Å². The molecule has 0 bridgehead atoms. The van der Waals surface area contributed by atoms with Gasteiger partial charge in [-0.25, -0.2) is 4.98 Å². The van der Waals surface area contributed by atoms with Crippen LogP contribution < -0.4 is 5.49 Å². The zero-order valence-corrected chi connectivity index (χ0v) is 16.8. The second kappa shape index (κ2) is 11.7. The lowest BCUT2D eigenvalue weighted by atomic mass is 10.2. The predicted molar refractivity (Wildman–Crippen MR) is 103 cm³/mol. The molecule has 0 aliphatic heterocycles. The largest absolute Gasteiger partial charge is 0.313 e. The minimum absolute atomic E-state index is 0.459. The molecule has 24 heavy (non-hydrogen) atoms. The molecule has 2 rings (SSSR count). The monoisotopic (exact) mass is 333 g/mol. The molecule has 0 spiro atoms. The van der Waals surface area contributed by atoms with Crippen LogP contribution in [0.4, 0.5) is 0 Å². The number of rotatable bonds is 4. The first-order valence-electron chi connectivity index (χ1n) is 8.93. The van der Waals surface area contributed by atoms with Gasteiger partial charge in [0, 0.05) is 12.7 Å². The van der Waals surface area contributed by atoms with E-state index in [4.69, 9.17) is 5.41 Å². The normalized spacial score (nSPS) is 10.0. The maximum atomic E-state index is 8.28. The fourth-order valence-corrected chi connectivity index (χ4v) is 2.16. The molecule has 0 aromatic carbocycles. The van der Waals surface area contributed by atoms with Gasteiger partial charge >= 0.3 is 0 Å². The summed E-state index contributed by atoms with van der Waals surface area (Å²) in [5.74, 6) is 0.878. The van der Waals surface area contributed by atoms with Crippen LogP contribution in [-0.4, -0.2) is 40.1 Å². The lowest BCUT2D eigenvalue weighted by molar-refractivity contribution is 0.382. The summed E-state index contributed by atoms with van der Waals surface area (Å²) < 4.78 is 1.94. The van der Waals surface area contributed by atoms with Crippen molar-refractivity contribution in [1.29, 1.82) is 5.41 Å². The zero-order chi connectivity index (χ0) is 18.7. The molecule has 2 heterocycles. The molecular weight excluding hydrogens is 298 g/mol. The van der Waals surface area contributed by atoms with Crippen LogP contribution in [0.3, 0.4) is 0 Å². The molecule has 1 N–H and O–H groups in total. The second-order valence-electron chi connectivity index (χ2n) is 5.90. The molecular formula is C19H35N5. The Balaban J connectivity index is 0.000000952. The van der Waals surface area contributed by atoms with Crippen LogP contribution in [0.25, 0.3) is 11.0 Å². The quantitative estimate of drug-likeness (QED) is 0.922. The van der Waals surface area contributed by atoms with E-state index < -0.39 is 0 Å². The molecule has 0 saturated carbocycles. The van der Waals surface area contributed by atoms with E-state index in [0.29, 0.717) is 11.0 Å². The Hall–Kier alpha value is -1.75. The van der Waals surface area contributed by atoms with Crippen molar-refractivity contribution in [2.24, 2.45) is 0 Å². The Morgan fingerprint density at radius 3 is 2.29 bits per heavy atom. The Labute approximate surface area is 147 Å². The first kappa shape index (κ1) is 22.2. The van der Waals surface area contributed by atoms with Crippen LogP contribution in [0, 0.1) is 19.3 Å². The number of aromatic nitrogens is 3.